The molecule has 6 rings (SSSR count). The molecular formula is C31H42N8O3. The van der Waals surface area contributed by atoms with Crippen molar-refractivity contribution in [2.75, 3.05) is 23.4 Å². The summed E-state index contributed by atoms with van der Waals surface area (Å²) in [6.07, 6.45) is 8.58. The summed E-state index contributed by atoms with van der Waals surface area (Å²) < 4.78 is 13.4. The first kappa shape index (κ1) is 28.4. The fourth-order valence-electron chi connectivity index (χ4n) is 6.81. The van der Waals surface area contributed by atoms with E-state index in [1.54, 1.807) is 0 Å². The number of morpholine rings is 1. The Morgan fingerprint density at radius 1 is 1.12 bits per heavy atom. The van der Waals surface area contributed by atoms with Gasteiger partial charge in [-0.1, -0.05) is 56.0 Å². The number of primary amides is 1. The van der Waals surface area contributed by atoms with Crippen molar-refractivity contribution in [3.8, 4) is 0 Å². The van der Waals surface area contributed by atoms with Crippen molar-refractivity contribution in [2.24, 2.45) is 17.6 Å². The Hall–Kier alpha value is -3.73. The fraction of sp³-hybridized carbons (Fsp3) is 0.581. The molecule has 1 aromatic carbocycles. The van der Waals surface area contributed by atoms with Crippen molar-refractivity contribution in [3.05, 3.63) is 41.7 Å². The van der Waals surface area contributed by atoms with Gasteiger partial charge in [-0.05, 0) is 56.9 Å². The first-order valence-electron chi connectivity index (χ1n) is 15.4. The van der Waals surface area contributed by atoms with Gasteiger partial charge in [-0.3, -0.25) is 5.41 Å². The van der Waals surface area contributed by atoms with E-state index in [0.29, 0.717) is 36.5 Å². The largest absolute Gasteiger partial charge is 0.411 e. The van der Waals surface area contributed by atoms with Crippen molar-refractivity contribution in [3.63, 3.8) is 0 Å². The van der Waals surface area contributed by atoms with E-state index in [1.165, 1.54) is 56.9 Å². The van der Waals surface area contributed by atoms with E-state index in [2.05, 4.69) is 57.9 Å². The van der Waals surface area contributed by atoms with Gasteiger partial charge in [0.05, 0.1) is 18.8 Å². The van der Waals surface area contributed by atoms with Crippen LogP contribution in [0.15, 0.2) is 30.3 Å². The number of imidazole rings is 1. The third kappa shape index (κ3) is 5.79. The maximum Gasteiger partial charge on any atom is 0.411 e. The zero-order valence-corrected chi connectivity index (χ0v) is 24.6. The molecule has 3 heterocycles. The van der Waals surface area contributed by atoms with E-state index in [4.69, 9.17) is 30.6 Å². The van der Waals surface area contributed by atoms with Crippen molar-refractivity contribution in [2.45, 2.75) is 89.9 Å². The van der Waals surface area contributed by atoms with E-state index in [1.807, 2.05) is 6.07 Å². The van der Waals surface area contributed by atoms with Crippen LogP contribution in [0.5, 0.6) is 0 Å². The van der Waals surface area contributed by atoms with Crippen LogP contribution in [0, 0.1) is 17.2 Å². The van der Waals surface area contributed by atoms with Gasteiger partial charge in [0, 0.05) is 19.1 Å². The number of ether oxygens (including phenoxy) is 2. The van der Waals surface area contributed by atoms with Gasteiger partial charge in [-0.25, -0.2) is 14.8 Å². The molecule has 2 aliphatic carbocycles. The molecule has 3 aliphatic rings. The highest BCUT2D eigenvalue weighted by Gasteiger charge is 2.36. The molecule has 2 aromatic heterocycles. The standard InChI is InChI=1S/C31H42N8O3/c1-19(22-14-9-15-22)34-27-25-28(36-29(35-27)26(32)42-30(33)40)37-31(39(25)18-21-10-5-3-6-11-21)38-16-17-41-20(2)24(38)23-12-7-4-8-13-23/h4,7-8,12-13,19-22,24,32H,3,5-6,9-11,14-18H2,1-2H3,(H2,33,40)(H,34,35,36)/t19-,20-,24+/m1/s1. The molecule has 42 heavy (non-hydrogen) atoms. The molecule has 3 atom stereocenters. The number of benzene rings is 1. The maximum atomic E-state index is 11.5. The molecule has 0 radical (unpaired) electrons. The zero-order chi connectivity index (χ0) is 29.2. The second kappa shape index (κ2) is 12.2. The van der Waals surface area contributed by atoms with Crippen LogP contribution in [-0.2, 0) is 16.0 Å². The molecule has 11 heteroatoms. The number of nitrogens with one attached hydrogen (secondary N) is 2. The number of rotatable bonds is 8. The van der Waals surface area contributed by atoms with Gasteiger partial charge >= 0.3 is 6.09 Å². The van der Waals surface area contributed by atoms with E-state index in [0.717, 1.165) is 18.0 Å². The lowest BCUT2D eigenvalue weighted by Gasteiger charge is -2.41. The van der Waals surface area contributed by atoms with Crippen molar-refractivity contribution >= 4 is 34.9 Å². The number of aromatic nitrogens is 4. The molecule has 0 bridgehead atoms. The van der Waals surface area contributed by atoms with Gasteiger partial charge in [0.2, 0.25) is 11.8 Å². The third-order valence-electron chi connectivity index (χ3n) is 9.27. The van der Waals surface area contributed by atoms with Crippen LogP contribution in [0.2, 0.25) is 0 Å². The van der Waals surface area contributed by atoms with E-state index < -0.39 is 12.0 Å². The third-order valence-corrected chi connectivity index (χ3v) is 9.27. The van der Waals surface area contributed by atoms with Gasteiger partial charge in [0.25, 0.3) is 5.90 Å². The average molecular weight is 575 g/mol. The SMILES string of the molecule is C[C@@H](Nc1nc(C(=N)OC(N)=O)nc2nc(N3CCO[C@H](C)[C@H]3c3ccccc3)n(CC3CCCCC3)c12)C1CCC1. The quantitative estimate of drug-likeness (QED) is 0.240. The summed E-state index contributed by atoms with van der Waals surface area (Å²) in [6, 6.07) is 10.6. The van der Waals surface area contributed by atoms with Gasteiger partial charge in [-0.2, -0.15) is 4.98 Å². The highest BCUT2D eigenvalue weighted by molar-refractivity contribution is 5.98. The number of hydrogen-bond acceptors (Lipinski definition) is 9. The second-order valence-electron chi connectivity index (χ2n) is 12.1. The van der Waals surface area contributed by atoms with Gasteiger partial charge < -0.3 is 30.0 Å². The monoisotopic (exact) mass is 574 g/mol. The first-order valence-corrected chi connectivity index (χ1v) is 15.4. The van der Waals surface area contributed by atoms with E-state index in [9.17, 15) is 4.79 Å². The first-order chi connectivity index (χ1) is 20.4. The molecule has 1 aliphatic heterocycles. The summed E-state index contributed by atoms with van der Waals surface area (Å²) in [5, 5.41) is 12.0. The minimum atomic E-state index is -1.07. The molecule has 3 aromatic rings. The predicted octanol–water partition coefficient (Wildman–Crippen LogP) is 5.39. The Bertz CT molecular complexity index is 1420. The summed E-state index contributed by atoms with van der Waals surface area (Å²) in [6.45, 7) is 6.38. The van der Waals surface area contributed by atoms with Crippen molar-refractivity contribution in [1.29, 1.82) is 5.41 Å². The van der Waals surface area contributed by atoms with Crippen LogP contribution in [-0.4, -0.2) is 56.8 Å². The highest BCUT2D eigenvalue weighted by Crippen LogP contribution is 2.39. The average Bonchev–Trinajstić information content (AvgIpc) is 3.30. The van der Waals surface area contributed by atoms with Crippen LogP contribution in [0.3, 0.4) is 0 Å². The number of carbonyl (C=O) groups excluding carboxylic acids is 1. The van der Waals surface area contributed by atoms with Gasteiger partial charge in [0.1, 0.15) is 5.52 Å². The van der Waals surface area contributed by atoms with E-state index in [-0.39, 0.29) is 24.0 Å². The van der Waals surface area contributed by atoms with E-state index >= 15 is 0 Å². The smallest absolute Gasteiger partial charge is 0.388 e. The number of fused-ring (bicyclic) bond motifs is 1. The molecule has 224 valence electrons. The minimum absolute atomic E-state index is 0.0200. The molecule has 2 saturated carbocycles. The minimum Gasteiger partial charge on any atom is -0.388 e. The van der Waals surface area contributed by atoms with Crippen LogP contribution in [0.25, 0.3) is 11.2 Å². The van der Waals surface area contributed by atoms with Crippen LogP contribution in [0.1, 0.15) is 82.6 Å². The van der Waals surface area contributed by atoms with Crippen molar-refractivity contribution < 1.29 is 14.3 Å². The number of hydrogen-bond donors (Lipinski definition) is 3. The number of anilines is 2. The number of nitrogens with zero attached hydrogens (tertiary/aromatic N) is 5. The number of amides is 1. The van der Waals surface area contributed by atoms with Gasteiger partial charge in [-0.15, -0.1) is 0 Å². The Morgan fingerprint density at radius 3 is 2.57 bits per heavy atom. The lowest BCUT2D eigenvalue weighted by atomic mass is 9.80. The van der Waals surface area contributed by atoms with Crippen LogP contribution in [0.4, 0.5) is 16.6 Å². The summed E-state index contributed by atoms with van der Waals surface area (Å²) in [5.41, 5.74) is 7.69. The Balaban J connectivity index is 1.51. The molecule has 3 fully saturated rings. The van der Waals surface area contributed by atoms with Crippen molar-refractivity contribution in [1.82, 2.24) is 19.5 Å². The molecule has 0 unspecified atom stereocenters. The van der Waals surface area contributed by atoms with Crippen LogP contribution < -0.4 is 16.0 Å². The molecule has 11 nitrogen and oxygen atoms in total. The highest BCUT2D eigenvalue weighted by atomic mass is 16.6. The second-order valence-corrected chi connectivity index (χ2v) is 12.1. The summed E-state index contributed by atoms with van der Waals surface area (Å²) in [7, 11) is 0. The molecule has 0 spiro atoms. The molecule has 1 saturated heterocycles. The fourth-order valence-corrected chi connectivity index (χ4v) is 6.81. The lowest BCUT2D eigenvalue weighted by molar-refractivity contribution is 0.0221. The summed E-state index contributed by atoms with van der Waals surface area (Å²) in [5.74, 6) is 2.00. The number of nitrogens with two attached hydrogens (primary N) is 1. The normalized spacial score (nSPS) is 22.5. The predicted molar refractivity (Wildman–Crippen MR) is 162 cm³/mol. The van der Waals surface area contributed by atoms with Crippen LogP contribution >= 0.6 is 0 Å². The Kier molecular flexibility index (Phi) is 8.28. The van der Waals surface area contributed by atoms with Gasteiger partial charge in [0.15, 0.2) is 11.5 Å². The summed E-state index contributed by atoms with van der Waals surface area (Å²) >= 11 is 0. The topological polar surface area (TPSA) is 144 Å². The Morgan fingerprint density at radius 2 is 1.88 bits per heavy atom. The zero-order valence-electron chi connectivity index (χ0n) is 24.6. The lowest BCUT2D eigenvalue weighted by Crippen LogP contribution is -2.45. The maximum absolute atomic E-state index is 11.5. The summed E-state index contributed by atoms with van der Waals surface area (Å²) in [4.78, 5) is 28.4. The Labute approximate surface area is 246 Å². The molecular weight excluding hydrogens is 532 g/mol. The number of carbonyl (C=O) groups is 1. The molecule has 4 N–H and O–H groups in total. The molecule has 1 amide bonds.